The Bertz CT molecular complexity index is 907. The molecule has 0 spiro atoms. The quantitative estimate of drug-likeness (QED) is 0.521. The van der Waals surface area contributed by atoms with E-state index in [4.69, 9.17) is 10.2 Å². The van der Waals surface area contributed by atoms with Crippen molar-refractivity contribution in [2.24, 2.45) is 0 Å². The number of nitrogens with two attached hydrogens (primary N) is 1. The SMILES string of the molecule is Nc1ccc(-c2nc3ccc4ccccc4c3o2)cc1. The first kappa shape index (κ1) is 11.1. The van der Waals surface area contributed by atoms with E-state index in [2.05, 4.69) is 23.2 Å². The van der Waals surface area contributed by atoms with Gasteiger partial charge in [0.05, 0.1) is 0 Å². The summed E-state index contributed by atoms with van der Waals surface area (Å²) in [5.74, 6) is 0.622. The van der Waals surface area contributed by atoms with Crippen LogP contribution in [0.4, 0.5) is 5.69 Å². The summed E-state index contributed by atoms with van der Waals surface area (Å²) < 4.78 is 5.96. The minimum Gasteiger partial charge on any atom is -0.435 e. The Morgan fingerprint density at radius 3 is 2.50 bits per heavy atom. The molecule has 20 heavy (non-hydrogen) atoms. The maximum absolute atomic E-state index is 5.96. The van der Waals surface area contributed by atoms with E-state index >= 15 is 0 Å². The van der Waals surface area contributed by atoms with Gasteiger partial charge in [-0.05, 0) is 35.7 Å². The van der Waals surface area contributed by atoms with Gasteiger partial charge in [-0.15, -0.1) is 0 Å². The number of hydrogen-bond acceptors (Lipinski definition) is 3. The second-order valence-electron chi connectivity index (χ2n) is 4.78. The van der Waals surface area contributed by atoms with Gasteiger partial charge in [0, 0.05) is 16.6 Å². The highest BCUT2D eigenvalue weighted by atomic mass is 16.3. The third-order valence-electron chi connectivity index (χ3n) is 3.44. The van der Waals surface area contributed by atoms with Gasteiger partial charge < -0.3 is 10.2 Å². The van der Waals surface area contributed by atoms with Crippen LogP contribution in [-0.2, 0) is 0 Å². The van der Waals surface area contributed by atoms with Crippen molar-refractivity contribution in [1.29, 1.82) is 0 Å². The Kier molecular flexibility index (Phi) is 2.27. The van der Waals surface area contributed by atoms with Crippen molar-refractivity contribution in [2.75, 3.05) is 5.73 Å². The normalized spacial score (nSPS) is 11.2. The molecule has 0 bridgehead atoms. The van der Waals surface area contributed by atoms with Crippen LogP contribution in [0.1, 0.15) is 0 Å². The van der Waals surface area contributed by atoms with E-state index < -0.39 is 0 Å². The molecule has 0 aliphatic rings. The smallest absolute Gasteiger partial charge is 0.227 e. The molecular formula is C17H12N2O. The molecule has 4 aromatic rings. The molecule has 0 atom stereocenters. The summed E-state index contributed by atoms with van der Waals surface area (Å²) in [4.78, 5) is 4.56. The van der Waals surface area contributed by atoms with Crippen molar-refractivity contribution in [3.8, 4) is 11.5 Å². The van der Waals surface area contributed by atoms with Crippen LogP contribution < -0.4 is 5.73 Å². The van der Waals surface area contributed by atoms with E-state index in [0.29, 0.717) is 5.89 Å². The molecule has 0 radical (unpaired) electrons. The number of anilines is 1. The number of nitrogens with zero attached hydrogens (tertiary/aromatic N) is 1. The van der Waals surface area contributed by atoms with E-state index in [0.717, 1.165) is 33.1 Å². The summed E-state index contributed by atoms with van der Waals surface area (Å²) in [6.07, 6.45) is 0. The van der Waals surface area contributed by atoms with Gasteiger partial charge in [0.1, 0.15) is 5.52 Å². The van der Waals surface area contributed by atoms with Crippen molar-refractivity contribution in [2.45, 2.75) is 0 Å². The number of hydrogen-bond donors (Lipinski definition) is 1. The molecule has 3 nitrogen and oxygen atoms in total. The fraction of sp³-hybridized carbons (Fsp3) is 0. The zero-order valence-electron chi connectivity index (χ0n) is 10.7. The average Bonchev–Trinajstić information content (AvgIpc) is 2.92. The highest BCUT2D eigenvalue weighted by Gasteiger charge is 2.10. The molecule has 0 saturated carbocycles. The van der Waals surface area contributed by atoms with Crippen LogP contribution in [0.3, 0.4) is 0 Å². The summed E-state index contributed by atoms with van der Waals surface area (Å²) >= 11 is 0. The molecule has 1 heterocycles. The van der Waals surface area contributed by atoms with Crippen molar-refractivity contribution in [3.05, 3.63) is 60.7 Å². The minimum atomic E-state index is 0.622. The lowest BCUT2D eigenvalue weighted by Crippen LogP contribution is -1.83. The number of benzene rings is 3. The number of rotatable bonds is 1. The monoisotopic (exact) mass is 260 g/mol. The van der Waals surface area contributed by atoms with Crippen LogP contribution in [0.2, 0.25) is 0 Å². The molecule has 0 unspecified atom stereocenters. The van der Waals surface area contributed by atoms with Gasteiger partial charge in [0.2, 0.25) is 5.89 Å². The molecule has 0 aliphatic heterocycles. The molecule has 2 N–H and O–H groups in total. The van der Waals surface area contributed by atoms with Gasteiger partial charge >= 0.3 is 0 Å². The predicted octanol–water partition coefficient (Wildman–Crippen LogP) is 4.23. The van der Waals surface area contributed by atoms with Crippen LogP contribution in [0.25, 0.3) is 33.3 Å². The van der Waals surface area contributed by atoms with Gasteiger partial charge in [-0.25, -0.2) is 4.98 Å². The Labute approximate surface area is 115 Å². The van der Waals surface area contributed by atoms with Crippen LogP contribution >= 0.6 is 0 Å². The summed E-state index contributed by atoms with van der Waals surface area (Å²) in [5.41, 5.74) is 9.06. The van der Waals surface area contributed by atoms with E-state index in [9.17, 15) is 0 Å². The van der Waals surface area contributed by atoms with Gasteiger partial charge in [-0.1, -0.05) is 30.3 Å². The van der Waals surface area contributed by atoms with E-state index in [1.165, 1.54) is 0 Å². The fourth-order valence-corrected chi connectivity index (χ4v) is 2.40. The molecule has 0 aliphatic carbocycles. The van der Waals surface area contributed by atoms with Crippen LogP contribution in [0.5, 0.6) is 0 Å². The first-order valence-electron chi connectivity index (χ1n) is 6.45. The van der Waals surface area contributed by atoms with Gasteiger partial charge in [-0.3, -0.25) is 0 Å². The zero-order chi connectivity index (χ0) is 13.5. The third-order valence-corrected chi connectivity index (χ3v) is 3.44. The molecule has 1 aromatic heterocycles. The second kappa shape index (κ2) is 4.10. The topological polar surface area (TPSA) is 52.0 Å². The third kappa shape index (κ3) is 1.64. The van der Waals surface area contributed by atoms with Crippen molar-refractivity contribution < 1.29 is 4.42 Å². The molecule has 96 valence electrons. The number of oxazole rings is 1. The molecule has 3 aromatic carbocycles. The Morgan fingerprint density at radius 2 is 1.65 bits per heavy atom. The van der Waals surface area contributed by atoms with Gasteiger partial charge in [0.15, 0.2) is 5.58 Å². The van der Waals surface area contributed by atoms with E-state index in [1.807, 2.05) is 42.5 Å². The predicted molar refractivity (Wildman–Crippen MR) is 81.4 cm³/mol. The van der Waals surface area contributed by atoms with Crippen molar-refractivity contribution in [3.63, 3.8) is 0 Å². The summed E-state index contributed by atoms with van der Waals surface area (Å²) in [5, 5.41) is 2.24. The van der Waals surface area contributed by atoms with E-state index in [1.54, 1.807) is 0 Å². The lowest BCUT2D eigenvalue weighted by atomic mass is 10.1. The van der Waals surface area contributed by atoms with Gasteiger partial charge in [0.25, 0.3) is 0 Å². The van der Waals surface area contributed by atoms with Gasteiger partial charge in [-0.2, -0.15) is 0 Å². The molecular weight excluding hydrogens is 248 g/mol. The number of fused-ring (bicyclic) bond motifs is 3. The molecule has 3 heteroatoms. The van der Waals surface area contributed by atoms with Crippen LogP contribution in [0.15, 0.2) is 65.1 Å². The number of nitrogen functional groups attached to an aromatic ring is 1. The molecule has 0 saturated heterocycles. The number of aromatic nitrogens is 1. The maximum atomic E-state index is 5.96. The molecule has 0 amide bonds. The summed E-state index contributed by atoms with van der Waals surface area (Å²) in [6, 6.07) is 19.7. The first-order chi connectivity index (χ1) is 9.81. The first-order valence-corrected chi connectivity index (χ1v) is 6.45. The highest BCUT2D eigenvalue weighted by Crippen LogP contribution is 2.30. The maximum Gasteiger partial charge on any atom is 0.227 e. The lowest BCUT2D eigenvalue weighted by Gasteiger charge is -1.96. The zero-order valence-corrected chi connectivity index (χ0v) is 10.7. The second-order valence-corrected chi connectivity index (χ2v) is 4.78. The summed E-state index contributed by atoms with van der Waals surface area (Å²) in [7, 11) is 0. The Hall–Kier alpha value is -2.81. The van der Waals surface area contributed by atoms with Crippen molar-refractivity contribution >= 4 is 27.6 Å². The largest absolute Gasteiger partial charge is 0.435 e. The minimum absolute atomic E-state index is 0.622. The van der Waals surface area contributed by atoms with Crippen molar-refractivity contribution in [1.82, 2.24) is 4.98 Å². The van der Waals surface area contributed by atoms with Crippen LogP contribution in [-0.4, -0.2) is 4.98 Å². The Balaban J connectivity index is 1.98. The average molecular weight is 260 g/mol. The Morgan fingerprint density at radius 1 is 0.850 bits per heavy atom. The molecule has 4 rings (SSSR count). The molecule has 0 fully saturated rings. The standard InChI is InChI=1S/C17H12N2O/c18-13-8-5-12(6-9-13)17-19-15-10-7-11-3-1-2-4-14(11)16(15)20-17/h1-10H,18H2. The fourth-order valence-electron chi connectivity index (χ4n) is 2.40. The summed E-state index contributed by atoms with van der Waals surface area (Å²) in [6.45, 7) is 0. The van der Waals surface area contributed by atoms with Crippen LogP contribution in [0, 0.1) is 0 Å². The lowest BCUT2D eigenvalue weighted by molar-refractivity contribution is 0.623. The van der Waals surface area contributed by atoms with E-state index in [-0.39, 0.29) is 0 Å². The highest BCUT2D eigenvalue weighted by molar-refractivity contribution is 6.03.